The Bertz CT molecular complexity index is 826. The molecule has 0 aromatic heterocycles. The minimum absolute atomic E-state index is 0.00974. The molecule has 0 bridgehead atoms. The number of halogens is 1. The smallest absolute Gasteiger partial charge is 0.337 e. The number of hydrogen-bond donors (Lipinski definition) is 3. The van der Waals surface area contributed by atoms with Gasteiger partial charge in [-0.2, -0.15) is 0 Å². The van der Waals surface area contributed by atoms with E-state index in [0.717, 1.165) is 3.57 Å². The molecule has 2 rings (SSSR count). The molecule has 25 heavy (non-hydrogen) atoms. The van der Waals surface area contributed by atoms with Gasteiger partial charge in [-0.05, 0) is 78.1 Å². The molecule has 2 aromatic carbocycles. The van der Waals surface area contributed by atoms with E-state index in [9.17, 15) is 14.7 Å². The van der Waals surface area contributed by atoms with Crippen LogP contribution in [-0.4, -0.2) is 28.7 Å². The minimum Gasteiger partial charge on any atom is -0.494 e. The van der Waals surface area contributed by atoms with E-state index >= 15 is 0 Å². The van der Waals surface area contributed by atoms with Crippen LogP contribution in [0.1, 0.15) is 27.6 Å². The number of rotatable bonds is 5. The van der Waals surface area contributed by atoms with Gasteiger partial charge in [0.1, 0.15) is 5.75 Å². The van der Waals surface area contributed by atoms with Crippen LogP contribution in [0.2, 0.25) is 0 Å². The fraction of sp³-hybridized carbons (Fsp3) is 0.118. The van der Waals surface area contributed by atoms with Crippen molar-refractivity contribution in [1.82, 2.24) is 5.32 Å². The molecule has 0 aliphatic heterocycles. The number of benzene rings is 2. The molecule has 3 N–H and O–H groups in total. The number of aromatic carboxylic acids is 1. The highest BCUT2D eigenvalue weighted by atomic mass is 127. The van der Waals surface area contributed by atoms with Gasteiger partial charge in [-0.1, -0.05) is 6.07 Å². The molecule has 6 nitrogen and oxygen atoms in total. The first-order chi connectivity index (χ1) is 11.9. The number of nitrogens with one attached hydrogen (secondary N) is 2. The molecule has 0 spiro atoms. The molecule has 0 aliphatic carbocycles. The number of ether oxygens (including phenoxy) is 1. The van der Waals surface area contributed by atoms with Gasteiger partial charge < -0.3 is 15.2 Å². The lowest BCUT2D eigenvalue weighted by atomic mass is 10.2. The number of carboxylic acid groups (broad SMARTS) is 1. The fourth-order valence-corrected chi connectivity index (χ4v) is 2.72. The van der Waals surface area contributed by atoms with E-state index in [-0.39, 0.29) is 10.7 Å². The third-order valence-corrected chi connectivity index (χ3v) is 3.97. The van der Waals surface area contributed by atoms with Crippen molar-refractivity contribution in [1.29, 1.82) is 0 Å². The van der Waals surface area contributed by atoms with Crippen LogP contribution in [0.4, 0.5) is 5.69 Å². The maximum Gasteiger partial charge on any atom is 0.337 e. The zero-order chi connectivity index (χ0) is 18.4. The van der Waals surface area contributed by atoms with Crippen LogP contribution in [0.3, 0.4) is 0 Å². The first-order valence-corrected chi connectivity index (χ1v) is 8.77. The zero-order valence-corrected chi connectivity index (χ0v) is 16.2. The highest BCUT2D eigenvalue weighted by Crippen LogP contribution is 2.19. The second kappa shape index (κ2) is 8.77. The average molecular weight is 470 g/mol. The van der Waals surface area contributed by atoms with Crippen molar-refractivity contribution < 1.29 is 19.4 Å². The summed E-state index contributed by atoms with van der Waals surface area (Å²) in [7, 11) is 0. The van der Waals surface area contributed by atoms with E-state index in [1.807, 2.05) is 29.5 Å². The van der Waals surface area contributed by atoms with Gasteiger partial charge in [0.2, 0.25) is 0 Å². The van der Waals surface area contributed by atoms with E-state index in [2.05, 4.69) is 10.6 Å². The SMILES string of the molecule is CCOc1cccc(C(=O)NC(=S)Nc2ccc(I)cc2C(=O)O)c1. The number of hydrogen-bond acceptors (Lipinski definition) is 4. The van der Waals surface area contributed by atoms with Crippen molar-refractivity contribution in [2.45, 2.75) is 6.92 Å². The van der Waals surface area contributed by atoms with E-state index in [0.29, 0.717) is 23.6 Å². The number of carboxylic acids is 1. The zero-order valence-electron chi connectivity index (χ0n) is 13.2. The molecule has 2 aromatic rings. The summed E-state index contributed by atoms with van der Waals surface area (Å²) in [5.41, 5.74) is 0.763. The van der Waals surface area contributed by atoms with Crippen molar-refractivity contribution in [2.75, 3.05) is 11.9 Å². The quantitative estimate of drug-likeness (QED) is 0.458. The van der Waals surface area contributed by atoms with Crippen LogP contribution >= 0.6 is 34.8 Å². The summed E-state index contributed by atoms with van der Waals surface area (Å²) in [6.45, 7) is 2.35. The van der Waals surface area contributed by atoms with Crippen LogP contribution < -0.4 is 15.4 Å². The molecular formula is C17H15IN2O4S. The lowest BCUT2D eigenvalue weighted by Crippen LogP contribution is -2.34. The molecule has 0 atom stereocenters. The monoisotopic (exact) mass is 470 g/mol. The molecule has 0 unspecified atom stereocenters. The number of amides is 1. The number of anilines is 1. The van der Waals surface area contributed by atoms with Gasteiger partial charge in [0.25, 0.3) is 5.91 Å². The Balaban J connectivity index is 2.09. The summed E-state index contributed by atoms with van der Waals surface area (Å²) in [5, 5.41) is 14.5. The van der Waals surface area contributed by atoms with Crippen molar-refractivity contribution in [2.24, 2.45) is 0 Å². The van der Waals surface area contributed by atoms with Gasteiger partial charge in [-0.3, -0.25) is 10.1 Å². The summed E-state index contributed by atoms with van der Waals surface area (Å²) in [6.07, 6.45) is 0. The molecule has 1 amide bonds. The minimum atomic E-state index is -1.08. The van der Waals surface area contributed by atoms with Crippen molar-refractivity contribution in [3.63, 3.8) is 0 Å². The van der Waals surface area contributed by atoms with Crippen molar-refractivity contribution in [3.8, 4) is 5.75 Å². The second-order valence-corrected chi connectivity index (χ2v) is 6.52. The van der Waals surface area contributed by atoms with Gasteiger partial charge in [0.15, 0.2) is 5.11 Å². The lowest BCUT2D eigenvalue weighted by Gasteiger charge is -2.12. The fourth-order valence-electron chi connectivity index (χ4n) is 2.03. The number of thiocarbonyl (C=S) groups is 1. The van der Waals surface area contributed by atoms with Gasteiger partial charge in [0, 0.05) is 9.13 Å². The summed E-state index contributed by atoms with van der Waals surface area (Å²) >= 11 is 7.13. The Kier molecular flexibility index (Phi) is 6.71. The first-order valence-electron chi connectivity index (χ1n) is 7.28. The molecule has 8 heteroatoms. The lowest BCUT2D eigenvalue weighted by molar-refractivity contribution is 0.0697. The molecule has 0 fully saturated rings. The second-order valence-electron chi connectivity index (χ2n) is 4.86. The topological polar surface area (TPSA) is 87.7 Å². The molecule has 0 saturated carbocycles. The highest BCUT2D eigenvalue weighted by molar-refractivity contribution is 14.1. The summed E-state index contributed by atoms with van der Waals surface area (Å²) in [5.74, 6) is -0.916. The molecule has 0 heterocycles. The largest absolute Gasteiger partial charge is 0.494 e. The van der Waals surface area contributed by atoms with Crippen LogP contribution in [0.5, 0.6) is 5.75 Å². The predicted octanol–water partition coefficient (Wildman–Crippen LogP) is 3.51. The van der Waals surface area contributed by atoms with Crippen LogP contribution in [-0.2, 0) is 0 Å². The van der Waals surface area contributed by atoms with E-state index in [4.69, 9.17) is 17.0 Å². The third-order valence-electron chi connectivity index (χ3n) is 3.09. The van der Waals surface area contributed by atoms with Gasteiger partial charge in [-0.15, -0.1) is 0 Å². The summed E-state index contributed by atoms with van der Waals surface area (Å²) < 4.78 is 6.14. The molecule has 0 saturated heterocycles. The Morgan fingerprint density at radius 1 is 1.24 bits per heavy atom. The average Bonchev–Trinajstić information content (AvgIpc) is 2.56. The van der Waals surface area contributed by atoms with Gasteiger partial charge in [0.05, 0.1) is 17.9 Å². The number of carbonyl (C=O) groups excluding carboxylic acids is 1. The summed E-state index contributed by atoms with van der Waals surface area (Å²) in [6, 6.07) is 11.6. The molecular weight excluding hydrogens is 455 g/mol. The molecule has 0 aliphatic rings. The van der Waals surface area contributed by atoms with Crippen LogP contribution in [0.15, 0.2) is 42.5 Å². The normalized spacial score (nSPS) is 10.0. The van der Waals surface area contributed by atoms with E-state index in [1.54, 1.807) is 36.4 Å². The predicted molar refractivity (Wildman–Crippen MR) is 107 cm³/mol. The van der Waals surface area contributed by atoms with Crippen LogP contribution in [0, 0.1) is 3.57 Å². The highest BCUT2D eigenvalue weighted by Gasteiger charge is 2.14. The molecule has 0 radical (unpaired) electrons. The van der Waals surface area contributed by atoms with E-state index in [1.165, 1.54) is 6.07 Å². The maximum atomic E-state index is 12.3. The Morgan fingerprint density at radius 3 is 2.68 bits per heavy atom. The first kappa shape index (κ1) is 19.1. The molecule has 130 valence electrons. The van der Waals surface area contributed by atoms with Crippen molar-refractivity contribution in [3.05, 3.63) is 57.2 Å². The Morgan fingerprint density at radius 2 is 2.00 bits per heavy atom. The standard InChI is InChI=1S/C17H15IN2O4S/c1-2-24-12-5-3-4-10(8-12)15(21)20-17(25)19-14-7-6-11(18)9-13(14)16(22)23/h3-9H,2H2,1H3,(H,22,23)(H2,19,20,21,25). The Labute approximate surface area is 163 Å². The Hall–Kier alpha value is -2.20. The van der Waals surface area contributed by atoms with Gasteiger partial charge >= 0.3 is 5.97 Å². The maximum absolute atomic E-state index is 12.3. The van der Waals surface area contributed by atoms with Crippen molar-refractivity contribution >= 4 is 57.5 Å². The number of carbonyl (C=O) groups is 2. The van der Waals surface area contributed by atoms with Crippen LogP contribution in [0.25, 0.3) is 0 Å². The van der Waals surface area contributed by atoms with E-state index < -0.39 is 11.9 Å². The summed E-state index contributed by atoms with van der Waals surface area (Å²) in [4.78, 5) is 23.6. The third kappa shape index (κ3) is 5.40. The van der Waals surface area contributed by atoms with Gasteiger partial charge in [-0.25, -0.2) is 4.79 Å².